The number of carbonyl (C=O) groups excluding carboxylic acids is 1. The van der Waals surface area contributed by atoms with E-state index < -0.39 is 0 Å². The van der Waals surface area contributed by atoms with E-state index in [4.69, 9.17) is 9.47 Å². The fourth-order valence-corrected chi connectivity index (χ4v) is 2.79. The summed E-state index contributed by atoms with van der Waals surface area (Å²) in [7, 11) is 1.59. The van der Waals surface area contributed by atoms with E-state index in [-0.39, 0.29) is 0 Å². The third-order valence-electron chi connectivity index (χ3n) is 2.53. The maximum atomic E-state index is 11.0. The number of benzene rings is 2. The quantitative estimate of drug-likeness (QED) is 0.553. The molecule has 0 radical (unpaired) electrons. The Morgan fingerprint density at radius 2 is 1.60 bits per heavy atom. The van der Waals surface area contributed by atoms with Crippen LogP contribution in [0.1, 0.15) is 10.4 Å². The van der Waals surface area contributed by atoms with Crippen LogP contribution in [0.4, 0.5) is 0 Å². The van der Waals surface area contributed by atoms with E-state index in [2.05, 4.69) is 47.8 Å². The van der Waals surface area contributed by atoms with Crippen molar-refractivity contribution >= 4 is 54.1 Å². The van der Waals surface area contributed by atoms with Gasteiger partial charge in [0.15, 0.2) is 6.29 Å². The van der Waals surface area contributed by atoms with Crippen molar-refractivity contribution in [2.45, 2.75) is 0 Å². The van der Waals surface area contributed by atoms with Crippen molar-refractivity contribution in [2.75, 3.05) is 7.11 Å². The van der Waals surface area contributed by atoms with Crippen LogP contribution in [0.3, 0.4) is 0 Å². The monoisotopic (exact) mass is 462 g/mol. The van der Waals surface area contributed by atoms with Crippen molar-refractivity contribution in [2.24, 2.45) is 0 Å². The Morgan fingerprint density at radius 1 is 0.950 bits per heavy atom. The van der Waals surface area contributed by atoms with Gasteiger partial charge >= 0.3 is 0 Å². The van der Waals surface area contributed by atoms with Gasteiger partial charge in [-0.2, -0.15) is 0 Å². The second kappa shape index (κ2) is 6.74. The molecule has 3 nitrogen and oxygen atoms in total. The van der Waals surface area contributed by atoms with Crippen LogP contribution in [0.15, 0.2) is 43.7 Å². The zero-order valence-corrected chi connectivity index (χ0v) is 15.1. The van der Waals surface area contributed by atoms with Gasteiger partial charge in [0.05, 0.1) is 21.6 Å². The molecule has 0 fully saturated rings. The molecule has 0 bridgehead atoms. The van der Waals surface area contributed by atoms with Crippen molar-refractivity contribution < 1.29 is 14.3 Å². The lowest BCUT2D eigenvalue weighted by Crippen LogP contribution is -1.93. The van der Waals surface area contributed by atoms with Gasteiger partial charge in [-0.25, -0.2) is 0 Å². The van der Waals surface area contributed by atoms with Gasteiger partial charge in [-0.1, -0.05) is 15.9 Å². The standard InChI is InChI=1S/C14H9Br3O3/c1-19-13-5-11(17)14(6-10(13)16)20-12-4-9(15)3-2-8(12)7-18/h2-7H,1H3. The molecule has 0 saturated carbocycles. The summed E-state index contributed by atoms with van der Waals surface area (Å²) in [6, 6.07) is 8.79. The Labute approximate surface area is 141 Å². The summed E-state index contributed by atoms with van der Waals surface area (Å²) in [5.41, 5.74) is 0.479. The van der Waals surface area contributed by atoms with Gasteiger partial charge in [0.2, 0.25) is 0 Å². The molecule has 6 heteroatoms. The number of halogens is 3. The van der Waals surface area contributed by atoms with Crippen molar-refractivity contribution in [1.29, 1.82) is 0 Å². The first-order valence-corrected chi connectivity index (χ1v) is 7.88. The molecule has 0 saturated heterocycles. The van der Waals surface area contributed by atoms with Crippen LogP contribution in [0.2, 0.25) is 0 Å². The summed E-state index contributed by atoms with van der Waals surface area (Å²) in [5.74, 6) is 1.75. The minimum atomic E-state index is 0.479. The highest BCUT2D eigenvalue weighted by molar-refractivity contribution is 9.11. The van der Waals surface area contributed by atoms with E-state index in [1.54, 1.807) is 37.4 Å². The number of aldehydes is 1. The van der Waals surface area contributed by atoms with E-state index in [9.17, 15) is 4.79 Å². The molecule has 20 heavy (non-hydrogen) atoms. The number of methoxy groups -OCH3 is 1. The Balaban J connectivity index is 2.42. The zero-order valence-electron chi connectivity index (χ0n) is 10.3. The molecule has 104 valence electrons. The molecule has 0 aliphatic rings. The number of carbonyl (C=O) groups is 1. The molecule has 0 amide bonds. The van der Waals surface area contributed by atoms with Crippen LogP contribution in [-0.2, 0) is 0 Å². The molecule has 0 unspecified atom stereocenters. The lowest BCUT2D eigenvalue weighted by Gasteiger charge is -2.12. The number of rotatable bonds is 4. The topological polar surface area (TPSA) is 35.5 Å². The zero-order chi connectivity index (χ0) is 14.7. The third-order valence-corrected chi connectivity index (χ3v) is 4.26. The van der Waals surface area contributed by atoms with Gasteiger partial charge in [0.25, 0.3) is 0 Å². The van der Waals surface area contributed by atoms with Crippen molar-refractivity contribution in [1.82, 2.24) is 0 Å². The predicted octanol–water partition coefficient (Wildman–Crippen LogP) is 5.59. The first kappa shape index (κ1) is 15.5. The van der Waals surface area contributed by atoms with Crippen LogP contribution in [0.25, 0.3) is 0 Å². The second-order valence-electron chi connectivity index (χ2n) is 3.82. The molecule has 0 spiro atoms. The molecular weight excluding hydrogens is 456 g/mol. The largest absolute Gasteiger partial charge is 0.496 e. The highest BCUT2D eigenvalue weighted by Crippen LogP contribution is 2.39. The van der Waals surface area contributed by atoms with Gasteiger partial charge in [0.1, 0.15) is 17.2 Å². The SMILES string of the molecule is COc1cc(Br)c(Oc2cc(Br)ccc2C=O)cc1Br. The predicted molar refractivity (Wildman–Crippen MR) is 88.0 cm³/mol. The first-order valence-electron chi connectivity index (χ1n) is 5.50. The molecular formula is C14H9Br3O3. The third kappa shape index (κ3) is 3.42. The number of ether oxygens (including phenoxy) is 2. The van der Waals surface area contributed by atoms with E-state index in [0.29, 0.717) is 22.8 Å². The lowest BCUT2D eigenvalue weighted by atomic mass is 10.2. The van der Waals surface area contributed by atoms with Crippen LogP contribution in [-0.4, -0.2) is 13.4 Å². The maximum absolute atomic E-state index is 11.0. The minimum absolute atomic E-state index is 0.479. The summed E-state index contributed by atoms with van der Waals surface area (Å²) in [4.78, 5) is 11.0. The van der Waals surface area contributed by atoms with E-state index in [1.165, 1.54) is 0 Å². The normalized spacial score (nSPS) is 10.2. The Bertz CT molecular complexity index is 656. The molecule has 2 aromatic rings. The Morgan fingerprint density at radius 3 is 2.25 bits per heavy atom. The summed E-state index contributed by atoms with van der Waals surface area (Å²) < 4.78 is 13.3. The average molecular weight is 465 g/mol. The van der Waals surface area contributed by atoms with E-state index in [1.807, 2.05) is 0 Å². The fourth-order valence-electron chi connectivity index (χ4n) is 1.56. The lowest BCUT2D eigenvalue weighted by molar-refractivity contribution is 0.112. The second-order valence-corrected chi connectivity index (χ2v) is 6.44. The number of hydrogen-bond acceptors (Lipinski definition) is 3. The fraction of sp³-hybridized carbons (Fsp3) is 0.0714. The maximum Gasteiger partial charge on any atom is 0.153 e. The highest BCUT2D eigenvalue weighted by Gasteiger charge is 2.11. The van der Waals surface area contributed by atoms with Gasteiger partial charge in [-0.05, 0) is 62.2 Å². The Kier molecular flexibility index (Phi) is 5.23. The molecule has 2 aromatic carbocycles. The Hall–Kier alpha value is -0.850. The van der Waals surface area contributed by atoms with Crippen molar-refractivity contribution in [3.8, 4) is 17.2 Å². The van der Waals surface area contributed by atoms with Crippen LogP contribution >= 0.6 is 47.8 Å². The summed E-state index contributed by atoms with van der Waals surface area (Å²) >= 11 is 10.2. The van der Waals surface area contributed by atoms with Crippen LogP contribution in [0, 0.1) is 0 Å². The first-order chi connectivity index (χ1) is 9.55. The molecule has 0 aromatic heterocycles. The van der Waals surface area contributed by atoms with Gasteiger partial charge < -0.3 is 9.47 Å². The molecule has 0 atom stereocenters. The smallest absolute Gasteiger partial charge is 0.153 e. The summed E-state index contributed by atoms with van der Waals surface area (Å²) in [6.07, 6.45) is 0.758. The molecule has 0 aliphatic heterocycles. The highest BCUT2D eigenvalue weighted by atomic mass is 79.9. The van der Waals surface area contributed by atoms with Gasteiger partial charge in [-0.15, -0.1) is 0 Å². The van der Waals surface area contributed by atoms with Crippen molar-refractivity contribution in [3.63, 3.8) is 0 Å². The summed E-state index contributed by atoms with van der Waals surface area (Å²) in [5, 5.41) is 0. The molecule has 0 heterocycles. The molecule has 2 rings (SSSR count). The molecule has 0 N–H and O–H groups in total. The van der Waals surface area contributed by atoms with Crippen molar-refractivity contribution in [3.05, 3.63) is 49.3 Å². The number of hydrogen-bond donors (Lipinski definition) is 0. The molecule has 0 aliphatic carbocycles. The van der Waals surface area contributed by atoms with Crippen LogP contribution < -0.4 is 9.47 Å². The van der Waals surface area contributed by atoms with Gasteiger partial charge in [0, 0.05) is 4.47 Å². The van der Waals surface area contributed by atoms with E-state index >= 15 is 0 Å². The van der Waals surface area contributed by atoms with E-state index in [0.717, 1.165) is 19.7 Å². The van der Waals surface area contributed by atoms with Gasteiger partial charge in [-0.3, -0.25) is 4.79 Å². The van der Waals surface area contributed by atoms with Crippen LogP contribution in [0.5, 0.6) is 17.2 Å². The minimum Gasteiger partial charge on any atom is -0.496 e. The average Bonchev–Trinajstić information content (AvgIpc) is 2.42. The summed E-state index contributed by atoms with van der Waals surface area (Å²) in [6.45, 7) is 0.